The summed E-state index contributed by atoms with van der Waals surface area (Å²) in [4.78, 5) is 24.3. The normalized spacial score (nSPS) is 12.0. The zero-order chi connectivity index (χ0) is 21.1. The number of fused-ring (bicyclic) bond motifs is 1. The minimum absolute atomic E-state index is 0.171. The van der Waals surface area contributed by atoms with Gasteiger partial charge in [-0.3, -0.25) is 4.79 Å². The minimum Gasteiger partial charge on any atom is -0.351 e. The van der Waals surface area contributed by atoms with Crippen molar-refractivity contribution in [2.24, 2.45) is 0 Å². The average Bonchev–Trinajstić information content (AvgIpc) is 2.71. The third kappa shape index (κ3) is 4.50. The molecule has 0 radical (unpaired) electrons. The highest BCUT2D eigenvalue weighted by atomic mass is 79.9. The predicted octanol–water partition coefficient (Wildman–Crippen LogP) is 6.63. The van der Waals surface area contributed by atoms with Crippen molar-refractivity contribution >= 4 is 62.1 Å². The van der Waals surface area contributed by atoms with Crippen LogP contribution in [0.25, 0.3) is 10.8 Å². The number of aryl methyl sites for hydroxylation is 1. The van der Waals surface area contributed by atoms with Crippen LogP contribution in [0.3, 0.4) is 0 Å². The summed E-state index contributed by atoms with van der Waals surface area (Å²) in [5.74, 6) is -0.359. The Morgan fingerprint density at radius 3 is 2.41 bits per heavy atom. The standard InChI is InChI=1S/C23H20BrCl2NO2/c1-13-17-5-3-4-6-18(17)21(14(2)22(13)24)23(29)27-12-16(9-10-28)15-7-8-19(25)20(26)11-15/h3-8,10-11,16H,9,12H2,1-2H3,(H,27,29)/t16-/m1/s1. The molecule has 0 aliphatic carbocycles. The largest absolute Gasteiger partial charge is 0.351 e. The second-order valence-electron chi connectivity index (χ2n) is 6.97. The molecule has 1 atom stereocenters. The Kier molecular flexibility index (Phi) is 6.99. The second kappa shape index (κ2) is 9.29. The molecule has 3 aromatic rings. The van der Waals surface area contributed by atoms with Crippen LogP contribution in [0.4, 0.5) is 0 Å². The molecular formula is C23H20BrCl2NO2. The molecular weight excluding hydrogens is 473 g/mol. The van der Waals surface area contributed by atoms with E-state index in [0.717, 1.165) is 38.2 Å². The SMILES string of the molecule is Cc1c(Br)c(C)c2ccccc2c1C(=O)NC[C@@H](CC=O)c1ccc(Cl)c(Cl)c1. The summed E-state index contributed by atoms with van der Waals surface area (Å²) in [5.41, 5.74) is 3.49. The van der Waals surface area contributed by atoms with Gasteiger partial charge in [0, 0.05) is 23.4 Å². The fourth-order valence-electron chi connectivity index (χ4n) is 3.56. The molecule has 3 nitrogen and oxygen atoms in total. The molecule has 0 saturated heterocycles. The molecule has 0 heterocycles. The first-order chi connectivity index (χ1) is 13.8. The molecule has 6 heteroatoms. The smallest absolute Gasteiger partial charge is 0.252 e. The molecule has 0 aliphatic rings. The highest BCUT2D eigenvalue weighted by Crippen LogP contribution is 2.33. The van der Waals surface area contributed by atoms with Crippen molar-refractivity contribution in [2.75, 3.05) is 6.54 Å². The summed E-state index contributed by atoms with van der Waals surface area (Å²) < 4.78 is 0.926. The van der Waals surface area contributed by atoms with Crippen molar-refractivity contribution < 1.29 is 9.59 Å². The van der Waals surface area contributed by atoms with Crippen molar-refractivity contribution in [1.29, 1.82) is 0 Å². The van der Waals surface area contributed by atoms with E-state index in [1.807, 2.05) is 44.2 Å². The number of amides is 1. The predicted molar refractivity (Wildman–Crippen MR) is 123 cm³/mol. The molecule has 0 bridgehead atoms. The van der Waals surface area contributed by atoms with Gasteiger partial charge in [-0.2, -0.15) is 0 Å². The van der Waals surface area contributed by atoms with Crippen LogP contribution in [0.5, 0.6) is 0 Å². The van der Waals surface area contributed by atoms with Crippen molar-refractivity contribution in [3.63, 3.8) is 0 Å². The highest BCUT2D eigenvalue weighted by Gasteiger charge is 2.20. The van der Waals surface area contributed by atoms with E-state index < -0.39 is 0 Å². The number of aldehydes is 1. The lowest BCUT2D eigenvalue weighted by Crippen LogP contribution is -2.29. The topological polar surface area (TPSA) is 46.2 Å². The Labute approximate surface area is 188 Å². The van der Waals surface area contributed by atoms with E-state index in [2.05, 4.69) is 21.2 Å². The summed E-state index contributed by atoms with van der Waals surface area (Å²) in [6.45, 7) is 4.28. The van der Waals surface area contributed by atoms with Crippen LogP contribution in [-0.4, -0.2) is 18.7 Å². The number of carbonyl (C=O) groups excluding carboxylic acids is 2. The van der Waals surface area contributed by atoms with Gasteiger partial charge in [0.2, 0.25) is 0 Å². The molecule has 0 saturated carbocycles. The van der Waals surface area contributed by atoms with Crippen LogP contribution in [0.15, 0.2) is 46.9 Å². The first-order valence-electron chi connectivity index (χ1n) is 9.19. The van der Waals surface area contributed by atoms with Crippen molar-refractivity contribution in [3.8, 4) is 0 Å². The molecule has 1 amide bonds. The van der Waals surface area contributed by atoms with Crippen LogP contribution < -0.4 is 5.32 Å². The van der Waals surface area contributed by atoms with Crippen molar-refractivity contribution in [2.45, 2.75) is 26.2 Å². The number of nitrogens with one attached hydrogen (secondary N) is 1. The number of hydrogen-bond acceptors (Lipinski definition) is 2. The van der Waals surface area contributed by atoms with Crippen molar-refractivity contribution in [1.82, 2.24) is 5.32 Å². The van der Waals surface area contributed by atoms with Gasteiger partial charge in [-0.15, -0.1) is 0 Å². The van der Waals surface area contributed by atoms with Gasteiger partial charge in [-0.05, 0) is 53.4 Å². The first kappa shape index (κ1) is 21.8. The maximum absolute atomic E-state index is 13.1. The van der Waals surface area contributed by atoms with Gasteiger partial charge in [0.15, 0.2) is 0 Å². The van der Waals surface area contributed by atoms with Crippen LogP contribution in [0, 0.1) is 13.8 Å². The molecule has 0 unspecified atom stereocenters. The van der Waals surface area contributed by atoms with E-state index in [-0.39, 0.29) is 18.2 Å². The Balaban J connectivity index is 1.91. The monoisotopic (exact) mass is 491 g/mol. The summed E-state index contributed by atoms with van der Waals surface area (Å²) >= 11 is 15.7. The second-order valence-corrected chi connectivity index (χ2v) is 8.57. The molecule has 1 N–H and O–H groups in total. The molecule has 3 aromatic carbocycles. The third-order valence-corrected chi connectivity index (χ3v) is 7.09. The van der Waals surface area contributed by atoms with Gasteiger partial charge in [0.05, 0.1) is 15.6 Å². The highest BCUT2D eigenvalue weighted by molar-refractivity contribution is 9.10. The third-order valence-electron chi connectivity index (χ3n) is 5.17. The fourth-order valence-corrected chi connectivity index (χ4v) is 4.27. The lowest BCUT2D eigenvalue weighted by molar-refractivity contribution is -0.108. The lowest BCUT2D eigenvalue weighted by Gasteiger charge is -2.19. The number of hydrogen-bond donors (Lipinski definition) is 1. The van der Waals surface area contributed by atoms with Crippen LogP contribution in [0.1, 0.15) is 39.4 Å². The quantitative estimate of drug-likeness (QED) is 0.392. The summed E-state index contributed by atoms with van der Waals surface area (Å²) in [6.07, 6.45) is 1.12. The van der Waals surface area contributed by atoms with Gasteiger partial charge in [0.1, 0.15) is 6.29 Å². The van der Waals surface area contributed by atoms with E-state index in [9.17, 15) is 9.59 Å². The number of benzene rings is 3. The van der Waals surface area contributed by atoms with E-state index >= 15 is 0 Å². The molecule has 150 valence electrons. The minimum atomic E-state index is -0.188. The first-order valence-corrected chi connectivity index (χ1v) is 10.7. The molecule has 3 rings (SSSR count). The molecule has 0 fully saturated rings. The number of carbonyl (C=O) groups is 2. The Bertz CT molecular complexity index is 1100. The summed E-state index contributed by atoms with van der Waals surface area (Å²) in [6, 6.07) is 13.1. The van der Waals surface area contributed by atoms with Gasteiger partial charge in [-0.25, -0.2) is 0 Å². The van der Waals surface area contributed by atoms with Gasteiger partial charge in [-0.1, -0.05) is 69.5 Å². The van der Waals surface area contributed by atoms with Crippen LogP contribution in [-0.2, 0) is 4.79 Å². The summed E-state index contributed by atoms with van der Waals surface area (Å²) in [5, 5.41) is 5.82. The van der Waals surface area contributed by atoms with E-state index in [4.69, 9.17) is 23.2 Å². The van der Waals surface area contributed by atoms with E-state index in [1.54, 1.807) is 12.1 Å². The number of halogens is 3. The molecule has 0 aromatic heterocycles. The molecule has 0 aliphatic heterocycles. The van der Waals surface area contributed by atoms with Gasteiger partial charge >= 0.3 is 0 Å². The molecule has 29 heavy (non-hydrogen) atoms. The van der Waals surface area contributed by atoms with Crippen LogP contribution >= 0.6 is 39.1 Å². The Morgan fingerprint density at radius 1 is 1.07 bits per heavy atom. The van der Waals surface area contributed by atoms with E-state index in [0.29, 0.717) is 22.2 Å². The average molecular weight is 493 g/mol. The molecule has 0 spiro atoms. The number of rotatable bonds is 6. The Morgan fingerprint density at radius 2 is 1.76 bits per heavy atom. The van der Waals surface area contributed by atoms with Gasteiger partial charge in [0.25, 0.3) is 5.91 Å². The van der Waals surface area contributed by atoms with Crippen molar-refractivity contribution in [3.05, 3.63) is 79.2 Å². The zero-order valence-electron chi connectivity index (χ0n) is 16.1. The maximum Gasteiger partial charge on any atom is 0.252 e. The Hall–Kier alpha value is -1.88. The van der Waals surface area contributed by atoms with Crippen LogP contribution in [0.2, 0.25) is 10.0 Å². The van der Waals surface area contributed by atoms with E-state index in [1.165, 1.54) is 0 Å². The summed E-state index contributed by atoms with van der Waals surface area (Å²) in [7, 11) is 0. The lowest BCUT2D eigenvalue weighted by atomic mass is 9.94. The van der Waals surface area contributed by atoms with Gasteiger partial charge < -0.3 is 10.1 Å². The zero-order valence-corrected chi connectivity index (χ0v) is 19.2. The maximum atomic E-state index is 13.1. The fraction of sp³-hybridized carbons (Fsp3) is 0.217.